The standard InChI is InChI=1S/C13H14N4O2S/c1-7(18)10-5-4-9(6-11(10)14)20-13-16-15-12(19)17(13)8-2-3-8/h4-6,8H,2-3,14H2,1H3,(H,15,19). The second-order valence-corrected chi connectivity index (χ2v) is 5.86. The maximum Gasteiger partial charge on any atom is 0.344 e. The molecule has 7 heteroatoms. The van der Waals surface area contributed by atoms with Gasteiger partial charge in [0, 0.05) is 22.2 Å². The summed E-state index contributed by atoms with van der Waals surface area (Å²) in [5, 5.41) is 7.15. The predicted octanol–water partition coefficient (Wildman–Crippen LogP) is 1.84. The van der Waals surface area contributed by atoms with Crippen LogP contribution in [-0.4, -0.2) is 20.5 Å². The number of Topliss-reactive ketones (excluding diaryl/α,β-unsaturated/α-hetero) is 1. The van der Waals surface area contributed by atoms with Gasteiger partial charge in [-0.2, -0.15) is 0 Å². The molecule has 1 saturated carbocycles. The minimum absolute atomic E-state index is 0.0614. The summed E-state index contributed by atoms with van der Waals surface area (Å²) in [6, 6.07) is 5.51. The topological polar surface area (TPSA) is 93.8 Å². The second kappa shape index (κ2) is 4.82. The van der Waals surface area contributed by atoms with Crippen molar-refractivity contribution in [3.05, 3.63) is 34.2 Å². The zero-order valence-corrected chi connectivity index (χ0v) is 11.7. The van der Waals surface area contributed by atoms with Crippen molar-refractivity contribution in [2.45, 2.75) is 35.9 Å². The number of anilines is 1. The number of benzene rings is 1. The molecule has 1 aromatic heterocycles. The van der Waals surface area contributed by atoms with Crippen molar-refractivity contribution in [1.82, 2.24) is 14.8 Å². The average Bonchev–Trinajstić information content (AvgIpc) is 3.15. The molecule has 0 radical (unpaired) electrons. The van der Waals surface area contributed by atoms with Crippen LogP contribution >= 0.6 is 11.8 Å². The smallest absolute Gasteiger partial charge is 0.344 e. The van der Waals surface area contributed by atoms with E-state index in [4.69, 9.17) is 5.73 Å². The maximum atomic E-state index is 11.7. The molecular formula is C13H14N4O2S. The number of rotatable bonds is 4. The fourth-order valence-corrected chi connectivity index (χ4v) is 3.00. The van der Waals surface area contributed by atoms with Gasteiger partial charge in [0.2, 0.25) is 0 Å². The highest BCUT2D eigenvalue weighted by molar-refractivity contribution is 7.99. The first kappa shape index (κ1) is 13.0. The van der Waals surface area contributed by atoms with Crippen molar-refractivity contribution >= 4 is 23.2 Å². The summed E-state index contributed by atoms with van der Waals surface area (Å²) >= 11 is 1.37. The highest BCUT2D eigenvalue weighted by atomic mass is 32.2. The molecule has 0 unspecified atom stereocenters. The summed E-state index contributed by atoms with van der Waals surface area (Å²) < 4.78 is 1.68. The molecule has 0 spiro atoms. The minimum atomic E-state index is -0.177. The molecule has 0 bridgehead atoms. The van der Waals surface area contributed by atoms with Crippen LogP contribution in [0.5, 0.6) is 0 Å². The fraction of sp³-hybridized carbons (Fsp3) is 0.308. The summed E-state index contributed by atoms with van der Waals surface area (Å²) in [5.41, 5.74) is 6.64. The zero-order chi connectivity index (χ0) is 14.3. The van der Waals surface area contributed by atoms with Crippen LogP contribution in [0.15, 0.2) is 33.0 Å². The SMILES string of the molecule is CC(=O)c1ccc(Sc2n[nH]c(=O)n2C2CC2)cc1N. The molecule has 1 aliphatic rings. The van der Waals surface area contributed by atoms with Gasteiger partial charge in [-0.05, 0) is 49.7 Å². The fourth-order valence-electron chi connectivity index (χ4n) is 2.05. The summed E-state index contributed by atoms with van der Waals surface area (Å²) in [5.74, 6) is -0.0614. The third-order valence-corrected chi connectivity index (χ3v) is 4.16. The first-order chi connectivity index (χ1) is 9.56. The van der Waals surface area contributed by atoms with Crippen LogP contribution in [0.2, 0.25) is 0 Å². The molecule has 3 N–H and O–H groups in total. The van der Waals surface area contributed by atoms with E-state index in [0.717, 1.165) is 17.7 Å². The predicted molar refractivity (Wildman–Crippen MR) is 76.1 cm³/mol. The number of nitrogens with two attached hydrogens (primary N) is 1. The van der Waals surface area contributed by atoms with E-state index >= 15 is 0 Å². The van der Waals surface area contributed by atoms with Crippen LogP contribution in [-0.2, 0) is 0 Å². The quantitative estimate of drug-likeness (QED) is 0.662. The van der Waals surface area contributed by atoms with Gasteiger partial charge in [0.1, 0.15) is 0 Å². The van der Waals surface area contributed by atoms with Crippen molar-refractivity contribution in [3.8, 4) is 0 Å². The third kappa shape index (κ3) is 2.36. The number of hydrogen-bond acceptors (Lipinski definition) is 5. The lowest BCUT2D eigenvalue weighted by molar-refractivity contribution is 0.101. The Kier molecular flexibility index (Phi) is 3.13. The first-order valence-electron chi connectivity index (χ1n) is 6.31. The van der Waals surface area contributed by atoms with Crippen LogP contribution in [0.1, 0.15) is 36.2 Å². The van der Waals surface area contributed by atoms with E-state index in [2.05, 4.69) is 10.2 Å². The van der Waals surface area contributed by atoms with E-state index in [1.165, 1.54) is 18.7 Å². The number of aromatic nitrogens is 3. The van der Waals surface area contributed by atoms with E-state index in [9.17, 15) is 9.59 Å². The Labute approximate surface area is 119 Å². The van der Waals surface area contributed by atoms with Gasteiger partial charge in [0.15, 0.2) is 10.9 Å². The number of hydrogen-bond donors (Lipinski definition) is 2. The summed E-state index contributed by atoms with van der Waals surface area (Å²) in [4.78, 5) is 23.9. The van der Waals surface area contributed by atoms with E-state index in [1.54, 1.807) is 16.7 Å². The van der Waals surface area contributed by atoms with Crippen LogP contribution in [0, 0.1) is 0 Å². The van der Waals surface area contributed by atoms with Crippen molar-refractivity contribution in [1.29, 1.82) is 0 Å². The lowest BCUT2D eigenvalue weighted by Crippen LogP contribution is -2.16. The average molecular weight is 290 g/mol. The number of nitrogens with one attached hydrogen (secondary N) is 1. The molecule has 2 aromatic rings. The number of carbonyl (C=O) groups excluding carboxylic acids is 1. The number of carbonyl (C=O) groups is 1. The van der Waals surface area contributed by atoms with Gasteiger partial charge in [0.25, 0.3) is 0 Å². The molecule has 1 heterocycles. The van der Waals surface area contributed by atoms with Crippen molar-refractivity contribution in [3.63, 3.8) is 0 Å². The molecule has 1 fully saturated rings. The molecule has 0 amide bonds. The Morgan fingerprint density at radius 1 is 1.50 bits per heavy atom. The summed E-state index contributed by atoms with van der Waals surface area (Å²) in [7, 11) is 0. The largest absolute Gasteiger partial charge is 0.398 e. The Balaban J connectivity index is 1.90. The second-order valence-electron chi connectivity index (χ2n) is 4.82. The first-order valence-corrected chi connectivity index (χ1v) is 7.13. The Hall–Kier alpha value is -2.02. The molecule has 1 aromatic carbocycles. The van der Waals surface area contributed by atoms with Crippen molar-refractivity contribution < 1.29 is 4.79 Å². The van der Waals surface area contributed by atoms with Crippen molar-refractivity contribution in [2.75, 3.05) is 5.73 Å². The Morgan fingerprint density at radius 2 is 2.25 bits per heavy atom. The normalized spacial score (nSPS) is 14.4. The number of H-pyrrole nitrogens is 1. The molecular weight excluding hydrogens is 276 g/mol. The molecule has 0 atom stereocenters. The molecule has 0 saturated heterocycles. The van der Waals surface area contributed by atoms with E-state index < -0.39 is 0 Å². The van der Waals surface area contributed by atoms with Crippen molar-refractivity contribution in [2.24, 2.45) is 0 Å². The van der Waals surface area contributed by atoms with E-state index in [0.29, 0.717) is 16.4 Å². The van der Waals surface area contributed by atoms with Crippen LogP contribution in [0.25, 0.3) is 0 Å². The van der Waals surface area contributed by atoms with E-state index in [1.807, 2.05) is 6.07 Å². The van der Waals surface area contributed by atoms with Gasteiger partial charge in [0.05, 0.1) is 0 Å². The zero-order valence-electron chi connectivity index (χ0n) is 10.9. The van der Waals surface area contributed by atoms with Gasteiger partial charge in [-0.3, -0.25) is 9.36 Å². The highest BCUT2D eigenvalue weighted by Gasteiger charge is 2.28. The monoisotopic (exact) mass is 290 g/mol. The highest BCUT2D eigenvalue weighted by Crippen LogP contribution is 2.38. The molecule has 0 aliphatic heterocycles. The molecule has 6 nitrogen and oxygen atoms in total. The summed E-state index contributed by atoms with van der Waals surface area (Å²) in [6.07, 6.45) is 2.02. The summed E-state index contributed by atoms with van der Waals surface area (Å²) in [6.45, 7) is 1.48. The number of nitrogens with zero attached hydrogens (tertiary/aromatic N) is 2. The molecule has 1 aliphatic carbocycles. The van der Waals surface area contributed by atoms with E-state index in [-0.39, 0.29) is 17.5 Å². The molecule has 104 valence electrons. The van der Waals surface area contributed by atoms with Gasteiger partial charge in [-0.1, -0.05) is 0 Å². The third-order valence-electron chi connectivity index (χ3n) is 3.20. The number of aromatic amines is 1. The van der Waals surface area contributed by atoms with Crippen LogP contribution in [0.4, 0.5) is 5.69 Å². The van der Waals surface area contributed by atoms with Gasteiger partial charge in [-0.25, -0.2) is 9.89 Å². The van der Waals surface area contributed by atoms with Gasteiger partial charge < -0.3 is 5.73 Å². The lowest BCUT2D eigenvalue weighted by atomic mass is 10.1. The van der Waals surface area contributed by atoms with Gasteiger partial charge in [-0.15, -0.1) is 5.10 Å². The van der Waals surface area contributed by atoms with Gasteiger partial charge >= 0.3 is 5.69 Å². The molecule has 20 heavy (non-hydrogen) atoms. The maximum absolute atomic E-state index is 11.7. The van der Waals surface area contributed by atoms with Crippen LogP contribution in [0.3, 0.4) is 0 Å². The number of nitrogen functional groups attached to an aromatic ring is 1. The Morgan fingerprint density at radius 3 is 2.85 bits per heavy atom. The lowest BCUT2D eigenvalue weighted by Gasteiger charge is -2.06. The number of ketones is 1. The molecule has 3 rings (SSSR count). The van der Waals surface area contributed by atoms with Crippen LogP contribution < -0.4 is 11.4 Å². The Bertz CT molecular complexity index is 730. The minimum Gasteiger partial charge on any atom is -0.398 e.